The first-order chi connectivity index (χ1) is 9.69. The Kier molecular flexibility index (Phi) is 8.02. The second-order valence-electron chi connectivity index (χ2n) is 4.56. The van der Waals surface area contributed by atoms with Crippen molar-refractivity contribution in [3.05, 3.63) is 23.8 Å². The maximum atomic E-state index is 9.87. The molecule has 0 aliphatic carbocycles. The molecule has 0 bridgehead atoms. The fourth-order valence-electron chi connectivity index (χ4n) is 1.85. The van der Waals surface area contributed by atoms with E-state index in [1.807, 2.05) is 13.0 Å². The van der Waals surface area contributed by atoms with Crippen LogP contribution in [-0.4, -0.2) is 45.7 Å². The number of benzene rings is 1. The Balaban J connectivity index is 2.30. The van der Waals surface area contributed by atoms with Gasteiger partial charge in [0, 0.05) is 25.3 Å². The van der Waals surface area contributed by atoms with Crippen molar-refractivity contribution in [2.24, 2.45) is 0 Å². The quantitative estimate of drug-likeness (QED) is 0.644. The van der Waals surface area contributed by atoms with Crippen LogP contribution in [0.5, 0.6) is 11.5 Å². The Hall–Kier alpha value is -1.30. The minimum atomic E-state index is 0.0593. The van der Waals surface area contributed by atoms with Gasteiger partial charge >= 0.3 is 0 Å². The summed E-state index contributed by atoms with van der Waals surface area (Å²) in [4.78, 5) is 0. The molecule has 0 aromatic heterocycles. The minimum Gasteiger partial charge on any atom is -0.508 e. The number of aromatic hydroxyl groups is 1. The van der Waals surface area contributed by atoms with Crippen LogP contribution in [0.2, 0.25) is 0 Å². The van der Waals surface area contributed by atoms with Crippen molar-refractivity contribution < 1.29 is 19.3 Å². The molecule has 0 aliphatic rings. The third-order valence-electron chi connectivity index (χ3n) is 3.05. The van der Waals surface area contributed by atoms with Gasteiger partial charge in [0.1, 0.15) is 11.5 Å². The minimum absolute atomic E-state index is 0.0593. The number of methoxy groups -OCH3 is 2. The molecule has 5 heteroatoms. The van der Waals surface area contributed by atoms with Gasteiger partial charge in [-0.1, -0.05) is 0 Å². The molecule has 0 aliphatic heterocycles. The molecule has 1 rings (SSSR count). The summed E-state index contributed by atoms with van der Waals surface area (Å²) in [6.07, 6.45) is 0.915. The molecule has 1 aromatic rings. The van der Waals surface area contributed by atoms with Crippen molar-refractivity contribution in [1.82, 2.24) is 5.32 Å². The van der Waals surface area contributed by atoms with Crippen molar-refractivity contribution in [2.75, 3.05) is 40.6 Å². The lowest BCUT2D eigenvalue weighted by molar-refractivity contribution is 0.0693. The topological polar surface area (TPSA) is 60.0 Å². The number of rotatable bonds is 10. The summed E-state index contributed by atoms with van der Waals surface area (Å²) in [6.45, 7) is 4.79. The molecule has 20 heavy (non-hydrogen) atoms. The van der Waals surface area contributed by atoms with Gasteiger partial charge in [-0.15, -0.1) is 0 Å². The maximum absolute atomic E-state index is 9.87. The van der Waals surface area contributed by atoms with E-state index in [0.717, 1.165) is 24.3 Å². The van der Waals surface area contributed by atoms with Gasteiger partial charge < -0.3 is 24.6 Å². The Morgan fingerprint density at radius 2 is 2.00 bits per heavy atom. The van der Waals surface area contributed by atoms with E-state index < -0.39 is 0 Å². The number of phenolic OH excluding ortho intramolecular Hbond substituents is 1. The van der Waals surface area contributed by atoms with E-state index in [-0.39, 0.29) is 11.8 Å². The molecule has 0 amide bonds. The molecule has 0 saturated heterocycles. The standard InChI is InChI=1S/C15H25NO4/c1-12(16-7-4-8-20-10-9-18-2)14-11-13(19-3)5-6-15(14)17/h5-6,11-12,16-17H,4,7-10H2,1-3H3. The van der Waals surface area contributed by atoms with Gasteiger partial charge in [-0.3, -0.25) is 0 Å². The summed E-state index contributed by atoms with van der Waals surface area (Å²) in [7, 11) is 3.28. The number of hydrogen-bond acceptors (Lipinski definition) is 5. The lowest BCUT2D eigenvalue weighted by Gasteiger charge is -2.16. The van der Waals surface area contributed by atoms with E-state index >= 15 is 0 Å². The monoisotopic (exact) mass is 283 g/mol. The molecule has 1 aromatic carbocycles. The van der Waals surface area contributed by atoms with Crippen LogP contribution in [0, 0.1) is 0 Å². The first-order valence-electron chi connectivity index (χ1n) is 6.86. The normalized spacial score (nSPS) is 12.3. The number of phenols is 1. The van der Waals surface area contributed by atoms with Crippen molar-refractivity contribution in [3.63, 3.8) is 0 Å². The molecule has 0 heterocycles. The van der Waals surface area contributed by atoms with Gasteiger partial charge in [0.05, 0.1) is 20.3 Å². The fourth-order valence-corrected chi connectivity index (χ4v) is 1.85. The summed E-state index contributed by atoms with van der Waals surface area (Å²) in [5.41, 5.74) is 0.838. The zero-order chi connectivity index (χ0) is 14.8. The van der Waals surface area contributed by atoms with Crippen LogP contribution in [0.3, 0.4) is 0 Å². The van der Waals surface area contributed by atoms with E-state index in [0.29, 0.717) is 19.8 Å². The number of nitrogens with one attached hydrogen (secondary N) is 1. The molecule has 5 nitrogen and oxygen atoms in total. The first-order valence-corrected chi connectivity index (χ1v) is 6.86. The van der Waals surface area contributed by atoms with E-state index in [4.69, 9.17) is 14.2 Å². The Bertz CT molecular complexity index is 384. The van der Waals surface area contributed by atoms with E-state index in [1.165, 1.54) is 0 Å². The Morgan fingerprint density at radius 3 is 2.70 bits per heavy atom. The highest BCUT2D eigenvalue weighted by Gasteiger charge is 2.10. The average Bonchev–Trinajstić information content (AvgIpc) is 2.46. The molecule has 1 atom stereocenters. The van der Waals surface area contributed by atoms with E-state index in [2.05, 4.69) is 5.32 Å². The van der Waals surface area contributed by atoms with Gasteiger partial charge in [-0.05, 0) is 38.1 Å². The summed E-state index contributed by atoms with van der Waals surface area (Å²) in [5.74, 6) is 1.02. The number of ether oxygens (including phenoxy) is 3. The number of hydrogen-bond donors (Lipinski definition) is 2. The Morgan fingerprint density at radius 1 is 1.20 bits per heavy atom. The summed E-state index contributed by atoms with van der Waals surface area (Å²) >= 11 is 0. The van der Waals surface area contributed by atoms with Gasteiger partial charge in [0.2, 0.25) is 0 Å². The van der Waals surface area contributed by atoms with Crippen LogP contribution < -0.4 is 10.1 Å². The molecule has 0 fully saturated rings. The molecular weight excluding hydrogens is 258 g/mol. The summed E-state index contributed by atoms with van der Waals surface area (Å²) in [6, 6.07) is 5.31. The summed E-state index contributed by atoms with van der Waals surface area (Å²) in [5, 5.41) is 13.2. The second-order valence-corrected chi connectivity index (χ2v) is 4.56. The fraction of sp³-hybridized carbons (Fsp3) is 0.600. The van der Waals surface area contributed by atoms with Crippen molar-refractivity contribution in [2.45, 2.75) is 19.4 Å². The van der Waals surface area contributed by atoms with Crippen LogP contribution >= 0.6 is 0 Å². The van der Waals surface area contributed by atoms with Crippen molar-refractivity contribution in [3.8, 4) is 11.5 Å². The first kappa shape index (κ1) is 16.8. The Labute approximate surface area is 120 Å². The highest BCUT2D eigenvalue weighted by Crippen LogP contribution is 2.28. The van der Waals surface area contributed by atoms with Crippen molar-refractivity contribution >= 4 is 0 Å². The summed E-state index contributed by atoms with van der Waals surface area (Å²) < 4.78 is 15.5. The molecule has 0 radical (unpaired) electrons. The molecule has 1 unspecified atom stereocenters. The zero-order valence-corrected chi connectivity index (χ0v) is 12.5. The zero-order valence-electron chi connectivity index (χ0n) is 12.5. The van der Waals surface area contributed by atoms with Crippen LogP contribution in [0.15, 0.2) is 18.2 Å². The maximum Gasteiger partial charge on any atom is 0.120 e. The van der Waals surface area contributed by atoms with Gasteiger partial charge in [-0.25, -0.2) is 0 Å². The van der Waals surface area contributed by atoms with Crippen molar-refractivity contribution in [1.29, 1.82) is 0 Å². The smallest absolute Gasteiger partial charge is 0.120 e. The van der Waals surface area contributed by atoms with Crippen LogP contribution in [0.4, 0.5) is 0 Å². The van der Waals surface area contributed by atoms with Gasteiger partial charge in [0.25, 0.3) is 0 Å². The molecule has 114 valence electrons. The highest BCUT2D eigenvalue weighted by molar-refractivity contribution is 5.41. The van der Waals surface area contributed by atoms with Crippen LogP contribution in [0.1, 0.15) is 24.9 Å². The van der Waals surface area contributed by atoms with E-state index in [1.54, 1.807) is 26.4 Å². The molecule has 2 N–H and O–H groups in total. The van der Waals surface area contributed by atoms with E-state index in [9.17, 15) is 5.11 Å². The third kappa shape index (κ3) is 5.77. The predicted molar refractivity (Wildman–Crippen MR) is 78.4 cm³/mol. The SMILES string of the molecule is COCCOCCCNC(C)c1cc(OC)ccc1O. The second kappa shape index (κ2) is 9.58. The van der Waals surface area contributed by atoms with Crippen LogP contribution in [-0.2, 0) is 9.47 Å². The largest absolute Gasteiger partial charge is 0.508 e. The lowest BCUT2D eigenvalue weighted by atomic mass is 10.1. The third-order valence-corrected chi connectivity index (χ3v) is 3.05. The molecule has 0 saturated carbocycles. The highest BCUT2D eigenvalue weighted by atomic mass is 16.5. The van der Waals surface area contributed by atoms with Crippen LogP contribution in [0.25, 0.3) is 0 Å². The molecular formula is C15H25NO4. The molecule has 0 spiro atoms. The predicted octanol–water partition coefficient (Wildman–Crippen LogP) is 2.10. The van der Waals surface area contributed by atoms with Gasteiger partial charge in [-0.2, -0.15) is 0 Å². The van der Waals surface area contributed by atoms with Gasteiger partial charge in [0.15, 0.2) is 0 Å². The average molecular weight is 283 g/mol. The lowest BCUT2D eigenvalue weighted by Crippen LogP contribution is -2.21.